The second kappa shape index (κ2) is 12.1. The lowest BCUT2D eigenvalue weighted by Crippen LogP contribution is -2.60. The van der Waals surface area contributed by atoms with Crippen LogP contribution in [0.15, 0.2) is 49.1 Å². The van der Waals surface area contributed by atoms with Crippen LogP contribution in [0.2, 0.25) is 0 Å². The van der Waals surface area contributed by atoms with Gasteiger partial charge < -0.3 is 9.11 Å². The fraction of sp³-hybridized carbons (Fsp3) is 0.474. The maximum Gasteiger partial charge on any atom is 0.403 e. The molecule has 0 radical (unpaired) electrons. The van der Waals surface area contributed by atoms with E-state index in [2.05, 4.69) is 85.9 Å². The van der Waals surface area contributed by atoms with Gasteiger partial charge in [0.15, 0.2) is 45.0 Å². The molecule has 0 aliphatic rings. The number of halogens is 6. The first kappa shape index (κ1) is 32.7. The number of aromatic nitrogens is 2. The smallest absolute Gasteiger partial charge is 0.403 e. The van der Waals surface area contributed by atoms with Crippen molar-refractivity contribution >= 4 is 20.2 Å². The van der Waals surface area contributed by atoms with Crippen molar-refractivity contribution in [2.24, 2.45) is 0 Å². The summed E-state index contributed by atoms with van der Waals surface area (Å²) in [5.74, 6) is -7.21. The number of rotatable bonds is 6. The van der Waals surface area contributed by atoms with Crippen molar-refractivity contribution in [1.82, 2.24) is 0 Å². The van der Waals surface area contributed by atoms with E-state index < -0.39 is 36.7 Å². The first-order valence-corrected chi connectivity index (χ1v) is 12.4. The van der Waals surface area contributed by atoms with Crippen LogP contribution in [0.4, 0.5) is 26.3 Å². The number of alkyl halides is 6. The van der Waals surface area contributed by atoms with E-state index in [4.69, 9.17) is 0 Å². The molecule has 0 saturated carbocycles. The first-order chi connectivity index (χ1) is 15.7. The van der Waals surface area contributed by atoms with Crippen LogP contribution in [-0.4, -0.2) is 42.4 Å². The van der Waals surface area contributed by atoms with E-state index in [0.717, 1.165) is 13.1 Å². The summed E-state index contributed by atoms with van der Waals surface area (Å²) < 4.78 is 136. The van der Waals surface area contributed by atoms with Gasteiger partial charge in [0.2, 0.25) is 0 Å². The average Bonchev–Trinajstić information content (AvgIpc) is 2.72. The molecule has 0 aromatic carbocycles. The van der Waals surface area contributed by atoms with Crippen LogP contribution in [-0.2, 0) is 33.3 Å². The Morgan fingerprint density at radius 1 is 0.714 bits per heavy atom. The van der Waals surface area contributed by atoms with Crippen LogP contribution < -0.4 is 9.13 Å². The summed E-state index contributed by atoms with van der Waals surface area (Å²) in [6.07, 6.45) is 8.43. The van der Waals surface area contributed by atoms with Crippen LogP contribution in [0.25, 0.3) is 0 Å². The summed E-state index contributed by atoms with van der Waals surface area (Å²) >= 11 is 0. The predicted molar refractivity (Wildman–Crippen MR) is 108 cm³/mol. The molecule has 8 nitrogen and oxygen atoms in total. The molecule has 0 unspecified atom stereocenters. The fourth-order valence-electron chi connectivity index (χ4n) is 2.18. The molecule has 0 atom stereocenters. The molecule has 0 spiro atoms. The summed E-state index contributed by atoms with van der Waals surface area (Å²) in [6.45, 7) is 10.6. The predicted octanol–water partition coefficient (Wildman–Crippen LogP) is 2.50. The molecule has 35 heavy (non-hydrogen) atoms. The molecule has 0 N–H and O–H groups in total. The maximum absolute atomic E-state index is 12.3. The lowest BCUT2D eigenvalue weighted by Gasteiger charge is -2.34. The van der Waals surface area contributed by atoms with E-state index in [1.165, 1.54) is 11.1 Å². The summed E-state index contributed by atoms with van der Waals surface area (Å²) in [5.41, 5.74) is 2.64. The van der Waals surface area contributed by atoms with E-state index >= 15 is 0 Å². The second-order valence-corrected chi connectivity index (χ2v) is 9.78. The van der Waals surface area contributed by atoms with Gasteiger partial charge in [0.05, 0.1) is 0 Å². The minimum atomic E-state index is -7.32. The van der Waals surface area contributed by atoms with Crippen molar-refractivity contribution < 1.29 is 61.4 Å². The third-order valence-electron chi connectivity index (χ3n) is 4.10. The Hall–Kier alpha value is -2.30. The normalized spacial score (nSPS) is 12.7. The standard InChI is InChI=1S/2C8H12N.C3H2F6O6S2/c2*1-3-9-6-4-5-8(2)7-9;4-1(5,2(6,7)16(10,11)12)3(8,9)17(13,14)15/h2*4-7H,3H2,1-2H3;(H,10,11,12)(H,13,14,15)/q2*+1;/p-2. The van der Waals surface area contributed by atoms with Gasteiger partial charge in [0.25, 0.3) is 0 Å². The summed E-state index contributed by atoms with van der Waals surface area (Å²) in [6, 6.07) is 8.34. The Morgan fingerprint density at radius 3 is 1.17 bits per heavy atom. The molecular weight excluding hydrogens is 530 g/mol. The van der Waals surface area contributed by atoms with Crippen LogP contribution in [0.5, 0.6) is 0 Å². The van der Waals surface area contributed by atoms with Crippen molar-refractivity contribution in [3.63, 3.8) is 0 Å². The summed E-state index contributed by atoms with van der Waals surface area (Å²) in [4.78, 5) is 0. The quantitative estimate of drug-likeness (QED) is 0.307. The first-order valence-electron chi connectivity index (χ1n) is 9.61. The summed E-state index contributed by atoms with van der Waals surface area (Å²) in [7, 11) is -14.6. The van der Waals surface area contributed by atoms with Gasteiger partial charge in [-0.15, -0.1) is 0 Å². The molecule has 0 aliphatic carbocycles. The average molecular weight is 555 g/mol. The Balaban J connectivity index is 0.000000538. The van der Waals surface area contributed by atoms with Crippen molar-refractivity contribution in [3.05, 3.63) is 60.2 Å². The molecule has 2 rings (SSSR count). The highest BCUT2D eigenvalue weighted by Crippen LogP contribution is 2.49. The topological polar surface area (TPSA) is 122 Å². The SMILES string of the molecule is CC[n+]1cccc(C)c1.CC[n+]1cccc(C)c1.O=S(=O)([O-])C(F)(F)C(F)(F)C(F)(F)S(=O)(=O)[O-]. The zero-order valence-electron chi connectivity index (χ0n) is 19.0. The van der Waals surface area contributed by atoms with Crippen molar-refractivity contribution in [2.45, 2.75) is 57.2 Å². The summed E-state index contributed by atoms with van der Waals surface area (Å²) in [5, 5.41) is -13.9. The Labute approximate surface area is 199 Å². The molecule has 16 heteroatoms. The minimum absolute atomic E-state index is 1.06. The van der Waals surface area contributed by atoms with E-state index in [9.17, 15) is 52.3 Å². The van der Waals surface area contributed by atoms with Crippen LogP contribution in [0.1, 0.15) is 25.0 Å². The van der Waals surface area contributed by atoms with E-state index in [-0.39, 0.29) is 0 Å². The highest BCUT2D eigenvalue weighted by Gasteiger charge is 2.77. The molecule has 0 bridgehead atoms. The number of hydrogen-bond donors (Lipinski definition) is 0. The molecule has 0 fully saturated rings. The third kappa shape index (κ3) is 8.40. The van der Waals surface area contributed by atoms with Gasteiger partial charge in [-0.05, 0) is 39.8 Å². The highest BCUT2D eigenvalue weighted by atomic mass is 32.2. The zero-order valence-corrected chi connectivity index (χ0v) is 20.6. The highest BCUT2D eigenvalue weighted by molar-refractivity contribution is 7.88. The second-order valence-electron chi connectivity index (χ2n) is 6.94. The lowest BCUT2D eigenvalue weighted by atomic mass is 10.3. The number of hydrogen-bond acceptors (Lipinski definition) is 6. The van der Waals surface area contributed by atoms with Gasteiger partial charge in [-0.1, -0.05) is 0 Å². The molecular formula is C19H24F6N2O6S2. The Kier molecular flexibility index (Phi) is 11.3. The largest absolute Gasteiger partial charge is 0.743 e. The third-order valence-corrected chi connectivity index (χ3v) is 5.87. The monoisotopic (exact) mass is 554 g/mol. The minimum Gasteiger partial charge on any atom is -0.743 e. The van der Waals surface area contributed by atoms with E-state index in [1.807, 2.05) is 0 Å². The van der Waals surface area contributed by atoms with Gasteiger partial charge in [0.1, 0.15) is 13.1 Å². The van der Waals surface area contributed by atoms with Crippen molar-refractivity contribution in [2.75, 3.05) is 0 Å². The molecule has 0 aliphatic heterocycles. The van der Waals surface area contributed by atoms with Crippen LogP contribution in [0.3, 0.4) is 0 Å². The fourth-order valence-corrected chi connectivity index (χ4v) is 3.13. The Morgan fingerprint density at radius 2 is 1.00 bits per heavy atom. The molecule has 200 valence electrons. The van der Waals surface area contributed by atoms with Gasteiger partial charge in [-0.25, -0.2) is 26.0 Å². The van der Waals surface area contributed by atoms with Crippen molar-refractivity contribution in [3.8, 4) is 0 Å². The molecule has 2 aromatic heterocycles. The Bertz CT molecular complexity index is 1100. The molecule has 2 heterocycles. The van der Waals surface area contributed by atoms with Crippen molar-refractivity contribution in [1.29, 1.82) is 0 Å². The van der Waals surface area contributed by atoms with E-state index in [0.29, 0.717) is 0 Å². The van der Waals surface area contributed by atoms with Gasteiger partial charge >= 0.3 is 16.4 Å². The number of aryl methyl sites for hydroxylation is 4. The van der Waals surface area contributed by atoms with Gasteiger partial charge in [-0.3, -0.25) is 0 Å². The van der Waals surface area contributed by atoms with Gasteiger partial charge in [0, 0.05) is 23.3 Å². The van der Waals surface area contributed by atoms with E-state index in [1.54, 1.807) is 0 Å². The van der Waals surface area contributed by atoms with Crippen LogP contribution in [0, 0.1) is 13.8 Å². The number of pyridine rings is 2. The lowest BCUT2D eigenvalue weighted by molar-refractivity contribution is -0.694. The van der Waals surface area contributed by atoms with Gasteiger partial charge in [-0.2, -0.15) is 26.3 Å². The molecule has 0 amide bonds. The zero-order chi connectivity index (χ0) is 27.9. The number of nitrogens with zero attached hydrogens (tertiary/aromatic N) is 2. The molecule has 0 saturated heterocycles. The van der Waals surface area contributed by atoms with Crippen LogP contribution >= 0.6 is 0 Å². The maximum atomic E-state index is 12.3. The molecule has 2 aromatic rings.